The molecule has 1 spiro atoms. The van der Waals surface area contributed by atoms with Gasteiger partial charge in [-0.05, 0) is 32.5 Å². The number of nitrogens with zero attached hydrogens (tertiary/aromatic N) is 4. The summed E-state index contributed by atoms with van der Waals surface area (Å²) in [6.45, 7) is 4.85. The van der Waals surface area contributed by atoms with Gasteiger partial charge in [0.2, 0.25) is 5.95 Å². The van der Waals surface area contributed by atoms with Crippen LogP contribution in [-0.4, -0.2) is 74.0 Å². The Morgan fingerprint density at radius 3 is 2.95 bits per heavy atom. The highest BCUT2D eigenvalue weighted by Crippen LogP contribution is 2.33. The van der Waals surface area contributed by atoms with Crippen molar-refractivity contribution in [3.63, 3.8) is 0 Å². The molecule has 6 nitrogen and oxygen atoms in total. The van der Waals surface area contributed by atoms with Crippen LogP contribution in [-0.2, 0) is 9.47 Å². The fourth-order valence-electron chi connectivity index (χ4n) is 3.31. The summed E-state index contributed by atoms with van der Waals surface area (Å²) in [6.07, 6.45) is 4.60. The molecule has 0 bridgehead atoms. The summed E-state index contributed by atoms with van der Waals surface area (Å²) in [5.74, 6) is 1.34. The number of anilines is 1. The molecule has 6 heteroatoms. The molecular formula is C15H24N4O2. The minimum atomic E-state index is -0.212. The monoisotopic (exact) mass is 292 g/mol. The van der Waals surface area contributed by atoms with E-state index < -0.39 is 0 Å². The molecule has 3 heterocycles. The van der Waals surface area contributed by atoms with Gasteiger partial charge in [-0.15, -0.1) is 0 Å². The van der Waals surface area contributed by atoms with Gasteiger partial charge in [-0.3, -0.25) is 0 Å². The van der Waals surface area contributed by atoms with Gasteiger partial charge < -0.3 is 19.3 Å². The van der Waals surface area contributed by atoms with Crippen LogP contribution in [0, 0.1) is 5.92 Å². The standard InChI is InChI=1S/C15H24N4O2/c1-18(2)9-13-8-15(21-10-13)11-19(6-7-20-12-15)14-16-4-3-5-17-14/h3-5,13H,6-12H2,1-2H3/t13-,15+/m0/s1. The van der Waals surface area contributed by atoms with Crippen molar-refractivity contribution in [2.75, 3.05) is 58.5 Å². The number of aromatic nitrogens is 2. The molecule has 2 aliphatic rings. The summed E-state index contributed by atoms with van der Waals surface area (Å²) in [5.41, 5.74) is -0.212. The lowest BCUT2D eigenvalue weighted by Gasteiger charge is -2.31. The van der Waals surface area contributed by atoms with E-state index in [2.05, 4.69) is 33.9 Å². The van der Waals surface area contributed by atoms with Crippen molar-refractivity contribution in [2.24, 2.45) is 5.92 Å². The summed E-state index contributed by atoms with van der Waals surface area (Å²) >= 11 is 0. The van der Waals surface area contributed by atoms with Crippen LogP contribution < -0.4 is 4.90 Å². The maximum Gasteiger partial charge on any atom is 0.225 e. The SMILES string of the molecule is CN(C)C[C@H]1CO[C@]2(COCCN(c3ncccn3)C2)C1. The van der Waals surface area contributed by atoms with Gasteiger partial charge in [0.05, 0.1) is 26.4 Å². The minimum Gasteiger partial charge on any atom is -0.377 e. The first kappa shape index (κ1) is 14.7. The third kappa shape index (κ3) is 3.51. The number of rotatable bonds is 3. The van der Waals surface area contributed by atoms with Crippen molar-refractivity contribution in [1.82, 2.24) is 14.9 Å². The van der Waals surface area contributed by atoms with Crippen molar-refractivity contribution in [3.05, 3.63) is 18.5 Å². The Kier molecular flexibility index (Phi) is 4.37. The summed E-state index contributed by atoms with van der Waals surface area (Å²) in [6, 6.07) is 1.84. The van der Waals surface area contributed by atoms with E-state index in [1.165, 1.54) is 0 Å². The highest BCUT2D eigenvalue weighted by Gasteiger charge is 2.43. The van der Waals surface area contributed by atoms with Crippen molar-refractivity contribution >= 4 is 5.95 Å². The highest BCUT2D eigenvalue weighted by atomic mass is 16.5. The largest absolute Gasteiger partial charge is 0.377 e. The van der Waals surface area contributed by atoms with Crippen LogP contribution in [0.5, 0.6) is 0 Å². The first-order chi connectivity index (χ1) is 10.2. The van der Waals surface area contributed by atoms with Crippen molar-refractivity contribution in [2.45, 2.75) is 12.0 Å². The summed E-state index contributed by atoms with van der Waals surface area (Å²) in [5, 5.41) is 0. The quantitative estimate of drug-likeness (QED) is 0.815. The molecule has 0 aromatic carbocycles. The first-order valence-electron chi connectivity index (χ1n) is 7.55. The normalized spacial score (nSPS) is 30.0. The molecule has 2 atom stereocenters. The minimum absolute atomic E-state index is 0.212. The van der Waals surface area contributed by atoms with Crippen LogP contribution in [0.3, 0.4) is 0 Å². The zero-order chi connectivity index (χ0) is 14.7. The Morgan fingerprint density at radius 1 is 1.38 bits per heavy atom. The maximum absolute atomic E-state index is 6.18. The van der Waals surface area contributed by atoms with Crippen molar-refractivity contribution in [1.29, 1.82) is 0 Å². The number of hydrogen-bond acceptors (Lipinski definition) is 6. The van der Waals surface area contributed by atoms with Crippen LogP contribution in [0.4, 0.5) is 5.95 Å². The van der Waals surface area contributed by atoms with Gasteiger partial charge in [0, 0.05) is 25.5 Å². The Hall–Kier alpha value is -1.24. The Balaban J connectivity index is 1.71. The third-order valence-electron chi connectivity index (χ3n) is 4.09. The predicted molar refractivity (Wildman–Crippen MR) is 80.4 cm³/mol. The van der Waals surface area contributed by atoms with Gasteiger partial charge in [0.15, 0.2) is 0 Å². The maximum atomic E-state index is 6.18. The molecule has 0 amide bonds. The summed E-state index contributed by atoms with van der Waals surface area (Å²) in [7, 11) is 4.22. The lowest BCUT2D eigenvalue weighted by Crippen LogP contribution is -2.44. The summed E-state index contributed by atoms with van der Waals surface area (Å²) in [4.78, 5) is 13.1. The average molecular weight is 292 g/mol. The molecule has 0 radical (unpaired) electrons. The van der Waals surface area contributed by atoms with Crippen LogP contribution in [0.15, 0.2) is 18.5 Å². The van der Waals surface area contributed by atoms with E-state index in [-0.39, 0.29) is 5.60 Å². The highest BCUT2D eigenvalue weighted by molar-refractivity contribution is 5.30. The Morgan fingerprint density at radius 2 is 2.19 bits per heavy atom. The molecule has 116 valence electrons. The first-order valence-corrected chi connectivity index (χ1v) is 7.55. The Bertz CT molecular complexity index is 456. The Labute approximate surface area is 126 Å². The lowest BCUT2D eigenvalue weighted by atomic mass is 9.94. The second-order valence-electron chi connectivity index (χ2n) is 6.35. The molecule has 2 aliphatic heterocycles. The van der Waals surface area contributed by atoms with E-state index in [1.807, 2.05) is 6.07 Å². The zero-order valence-corrected chi connectivity index (χ0v) is 12.9. The molecule has 0 aliphatic carbocycles. The average Bonchev–Trinajstić information content (AvgIpc) is 2.73. The lowest BCUT2D eigenvalue weighted by molar-refractivity contribution is -0.0458. The van der Waals surface area contributed by atoms with Crippen LogP contribution in [0.1, 0.15) is 6.42 Å². The molecule has 2 saturated heterocycles. The van der Waals surface area contributed by atoms with Gasteiger partial charge >= 0.3 is 0 Å². The topological polar surface area (TPSA) is 50.7 Å². The van der Waals surface area contributed by atoms with Gasteiger partial charge in [-0.1, -0.05) is 0 Å². The van der Waals surface area contributed by atoms with Gasteiger partial charge in [0.1, 0.15) is 5.60 Å². The molecule has 0 unspecified atom stereocenters. The van der Waals surface area contributed by atoms with Gasteiger partial charge in [0.25, 0.3) is 0 Å². The zero-order valence-electron chi connectivity index (χ0n) is 12.9. The van der Waals surface area contributed by atoms with E-state index in [9.17, 15) is 0 Å². The molecule has 21 heavy (non-hydrogen) atoms. The molecular weight excluding hydrogens is 268 g/mol. The van der Waals surface area contributed by atoms with E-state index in [0.717, 1.165) is 38.6 Å². The van der Waals surface area contributed by atoms with Gasteiger partial charge in [-0.2, -0.15) is 0 Å². The molecule has 1 aromatic heterocycles. The van der Waals surface area contributed by atoms with Crippen LogP contribution >= 0.6 is 0 Å². The van der Waals surface area contributed by atoms with E-state index in [4.69, 9.17) is 9.47 Å². The molecule has 3 rings (SSSR count). The predicted octanol–water partition coefficient (Wildman–Crippen LogP) is 0.650. The third-order valence-corrected chi connectivity index (χ3v) is 4.09. The molecule has 1 aromatic rings. The molecule has 2 fully saturated rings. The fourth-order valence-corrected chi connectivity index (χ4v) is 3.31. The number of ether oxygens (including phenoxy) is 2. The smallest absolute Gasteiger partial charge is 0.225 e. The summed E-state index contributed by atoms with van der Waals surface area (Å²) < 4.78 is 12.0. The van der Waals surface area contributed by atoms with E-state index in [0.29, 0.717) is 19.1 Å². The molecule has 0 N–H and O–H groups in total. The van der Waals surface area contributed by atoms with E-state index in [1.54, 1.807) is 12.4 Å². The van der Waals surface area contributed by atoms with E-state index >= 15 is 0 Å². The fraction of sp³-hybridized carbons (Fsp3) is 0.733. The van der Waals surface area contributed by atoms with Crippen molar-refractivity contribution < 1.29 is 9.47 Å². The van der Waals surface area contributed by atoms with Crippen LogP contribution in [0.25, 0.3) is 0 Å². The molecule has 0 saturated carbocycles. The number of hydrogen-bond donors (Lipinski definition) is 0. The second kappa shape index (κ2) is 6.25. The van der Waals surface area contributed by atoms with Gasteiger partial charge in [-0.25, -0.2) is 9.97 Å². The van der Waals surface area contributed by atoms with Crippen LogP contribution in [0.2, 0.25) is 0 Å². The van der Waals surface area contributed by atoms with Crippen molar-refractivity contribution in [3.8, 4) is 0 Å². The second-order valence-corrected chi connectivity index (χ2v) is 6.35.